The highest BCUT2D eigenvalue weighted by molar-refractivity contribution is 5.78. The number of aliphatic hydroxyl groups excluding tert-OH is 1. The van der Waals surface area contributed by atoms with Crippen molar-refractivity contribution in [2.45, 2.75) is 13.3 Å². The summed E-state index contributed by atoms with van der Waals surface area (Å²) in [6.07, 6.45) is 0.486. The van der Waals surface area contributed by atoms with Crippen LogP contribution in [0.25, 0.3) is 0 Å². The number of amides is 1. The van der Waals surface area contributed by atoms with Gasteiger partial charge in [0.25, 0.3) is 0 Å². The molecule has 0 spiro atoms. The minimum atomic E-state index is 0.192. The van der Waals surface area contributed by atoms with Crippen LogP contribution < -0.4 is 0 Å². The third-order valence-electron chi connectivity index (χ3n) is 3.62. The van der Waals surface area contributed by atoms with Gasteiger partial charge in [0.2, 0.25) is 5.91 Å². The lowest BCUT2D eigenvalue weighted by Crippen LogP contribution is -2.49. The SMILES string of the molecule is Cc1ccc(CC(=O)N2CCN(CCO)CC2)cc1. The van der Waals surface area contributed by atoms with Crippen molar-refractivity contribution >= 4 is 5.91 Å². The van der Waals surface area contributed by atoms with Crippen molar-refractivity contribution < 1.29 is 9.90 Å². The summed E-state index contributed by atoms with van der Waals surface area (Å²) >= 11 is 0. The molecule has 1 aliphatic rings. The summed E-state index contributed by atoms with van der Waals surface area (Å²) in [5.41, 5.74) is 2.29. The zero-order valence-electron chi connectivity index (χ0n) is 11.5. The van der Waals surface area contributed by atoms with E-state index < -0.39 is 0 Å². The first-order valence-corrected chi connectivity index (χ1v) is 6.85. The molecule has 0 atom stereocenters. The molecule has 1 aromatic carbocycles. The second-order valence-corrected chi connectivity index (χ2v) is 5.11. The Morgan fingerprint density at radius 3 is 2.37 bits per heavy atom. The molecule has 0 saturated carbocycles. The topological polar surface area (TPSA) is 43.8 Å². The summed E-state index contributed by atoms with van der Waals surface area (Å²) in [5.74, 6) is 0.201. The van der Waals surface area contributed by atoms with Crippen molar-refractivity contribution in [1.82, 2.24) is 9.80 Å². The van der Waals surface area contributed by atoms with Gasteiger partial charge in [-0.25, -0.2) is 0 Å². The molecule has 104 valence electrons. The second kappa shape index (κ2) is 6.68. The van der Waals surface area contributed by atoms with Crippen LogP contribution in [-0.4, -0.2) is 60.1 Å². The number of benzene rings is 1. The van der Waals surface area contributed by atoms with Gasteiger partial charge in [-0.05, 0) is 12.5 Å². The third-order valence-corrected chi connectivity index (χ3v) is 3.62. The highest BCUT2D eigenvalue weighted by Crippen LogP contribution is 2.08. The number of rotatable bonds is 4. The van der Waals surface area contributed by atoms with E-state index in [9.17, 15) is 4.79 Å². The number of hydrogen-bond acceptors (Lipinski definition) is 3. The largest absolute Gasteiger partial charge is 0.395 e. The van der Waals surface area contributed by atoms with E-state index in [2.05, 4.69) is 4.90 Å². The lowest BCUT2D eigenvalue weighted by atomic mass is 10.1. The summed E-state index contributed by atoms with van der Waals surface area (Å²) in [6.45, 7) is 6.21. The van der Waals surface area contributed by atoms with Gasteiger partial charge in [-0.3, -0.25) is 9.69 Å². The molecule has 1 heterocycles. The molecule has 19 heavy (non-hydrogen) atoms. The van der Waals surface area contributed by atoms with Crippen molar-refractivity contribution in [3.05, 3.63) is 35.4 Å². The molecular weight excluding hydrogens is 240 g/mol. The number of carbonyl (C=O) groups is 1. The van der Waals surface area contributed by atoms with Gasteiger partial charge in [-0.15, -0.1) is 0 Å². The second-order valence-electron chi connectivity index (χ2n) is 5.11. The Morgan fingerprint density at radius 2 is 1.79 bits per heavy atom. The van der Waals surface area contributed by atoms with Crippen LogP contribution in [-0.2, 0) is 11.2 Å². The molecule has 1 amide bonds. The zero-order chi connectivity index (χ0) is 13.7. The van der Waals surface area contributed by atoms with Gasteiger partial charge in [0.15, 0.2) is 0 Å². The monoisotopic (exact) mass is 262 g/mol. The van der Waals surface area contributed by atoms with E-state index in [4.69, 9.17) is 5.11 Å². The van der Waals surface area contributed by atoms with Gasteiger partial charge >= 0.3 is 0 Å². The summed E-state index contributed by atoms with van der Waals surface area (Å²) in [6, 6.07) is 8.13. The summed E-state index contributed by atoms with van der Waals surface area (Å²) < 4.78 is 0. The van der Waals surface area contributed by atoms with Gasteiger partial charge in [0.1, 0.15) is 0 Å². The fourth-order valence-electron chi connectivity index (χ4n) is 2.35. The van der Waals surface area contributed by atoms with E-state index in [1.165, 1.54) is 5.56 Å². The Bertz CT molecular complexity index is 409. The summed E-state index contributed by atoms with van der Waals surface area (Å²) in [5, 5.41) is 8.89. The van der Waals surface area contributed by atoms with E-state index in [0.29, 0.717) is 13.0 Å². The van der Waals surface area contributed by atoms with Crippen LogP contribution >= 0.6 is 0 Å². The van der Waals surface area contributed by atoms with Crippen LogP contribution in [0.15, 0.2) is 24.3 Å². The fourth-order valence-corrected chi connectivity index (χ4v) is 2.35. The number of aliphatic hydroxyl groups is 1. The Labute approximate surface area is 114 Å². The van der Waals surface area contributed by atoms with Crippen molar-refractivity contribution in [3.63, 3.8) is 0 Å². The highest BCUT2D eigenvalue weighted by atomic mass is 16.3. The van der Waals surface area contributed by atoms with Gasteiger partial charge in [0, 0.05) is 32.7 Å². The Kier molecular flexibility index (Phi) is 4.93. The van der Waals surface area contributed by atoms with Crippen LogP contribution in [0.3, 0.4) is 0 Å². The van der Waals surface area contributed by atoms with Crippen LogP contribution in [0, 0.1) is 6.92 Å². The number of piperazine rings is 1. The highest BCUT2D eigenvalue weighted by Gasteiger charge is 2.20. The Hall–Kier alpha value is -1.39. The molecule has 1 aromatic rings. The smallest absolute Gasteiger partial charge is 0.227 e. The molecule has 1 N–H and O–H groups in total. The average molecular weight is 262 g/mol. The molecule has 0 aliphatic carbocycles. The molecule has 2 rings (SSSR count). The maximum absolute atomic E-state index is 12.2. The predicted octanol–water partition coefficient (Wildman–Crippen LogP) is 0.674. The van der Waals surface area contributed by atoms with Gasteiger partial charge in [0.05, 0.1) is 13.0 Å². The fraction of sp³-hybridized carbons (Fsp3) is 0.533. The first-order valence-electron chi connectivity index (χ1n) is 6.85. The average Bonchev–Trinajstić information content (AvgIpc) is 2.42. The molecule has 1 fully saturated rings. The van der Waals surface area contributed by atoms with E-state index in [1.807, 2.05) is 36.1 Å². The van der Waals surface area contributed by atoms with Gasteiger partial charge in [-0.1, -0.05) is 29.8 Å². The lowest BCUT2D eigenvalue weighted by molar-refractivity contribution is -0.132. The normalized spacial score (nSPS) is 16.6. The van der Waals surface area contributed by atoms with E-state index in [0.717, 1.165) is 31.7 Å². The third kappa shape index (κ3) is 4.04. The maximum Gasteiger partial charge on any atom is 0.227 e. The number of aryl methyl sites for hydroxylation is 1. The maximum atomic E-state index is 12.2. The number of β-amino-alcohol motifs (C(OH)–C–C–N with tert-alkyl or cyclic N) is 1. The quantitative estimate of drug-likeness (QED) is 0.867. The summed E-state index contributed by atoms with van der Waals surface area (Å²) in [4.78, 5) is 16.3. The minimum absolute atomic E-state index is 0.192. The van der Waals surface area contributed by atoms with Crippen LogP contribution in [0.1, 0.15) is 11.1 Å². The number of nitrogens with zero attached hydrogens (tertiary/aromatic N) is 2. The van der Waals surface area contributed by atoms with Crippen LogP contribution in [0.2, 0.25) is 0 Å². The lowest BCUT2D eigenvalue weighted by Gasteiger charge is -2.34. The molecule has 0 radical (unpaired) electrons. The van der Waals surface area contributed by atoms with Crippen LogP contribution in [0.4, 0.5) is 0 Å². The van der Waals surface area contributed by atoms with E-state index in [-0.39, 0.29) is 12.5 Å². The predicted molar refractivity (Wildman–Crippen MR) is 75.0 cm³/mol. The van der Waals surface area contributed by atoms with Crippen molar-refractivity contribution in [1.29, 1.82) is 0 Å². The van der Waals surface area contributed by atoms with Crippen molar-refractivity contribution in [3.8, 4) is 0 Å². The van der Waals surface area contributed by atoms with Gasteiger partial charge in [-0.2, -0.15) is 0 Å². The van der Waals surface area contributed by atoms with E-state index in [1.54, 1.807) is 0 Å². The Balaban J connectivity index is 1.83. The first kappa shape index (κ1) is 14.0. The molecule has 1 saturated heterocycles. The molecule has 0 aromatic heterocycles. The standard InChI is InChI=1S/C15H22N2O2/c1-13-2-4-14(5-3-13)12-15(19)17-8-6-16(7-9-17)10-11-18/h2-5,18H,6-12H2,1H3. The number of hydrogen-bond donors (Lipinski definition) is 1. The molecule has 4 heteroatoms. The van der Waals surface area contributed by atoms with Crippen molar-refractivity contribution in [2.75, 3.05) is 39.3 Å². The van der Waals surface area contributed by atoms with Crippen LogP contribution in [0.5, 0.6) is 0 Å². The molecule has 1 aliphatic heterocycles. The van der Waals surface area contributed by atoms with Crippen molar-refractivity contribution in [2.24, 2.45) is 0 Å². The molecule has 4 nitrogen and oxygen atoms in total. The van der Waals surface area contributed by atoms with Gasteiger partial charge < -0.3 is 10.0 Å². The molecule has 0 unspecified atom stereocenters. The van der Waals surface area contributed by atoms with E-state index >= 15 is 0 Å². The molecular formula is C15H22N2O2. The number of carbonyl (C=O) groups excluding carboxylic acids is 1. The summed E-state index contributed by atoms with van der Waals surface area (Å²) in [7, 11) is 0. The molecule has 0 bridgehead atoms. The zero-order valence-corrected chi connectivity index (χ0v) is 11.5. The first-order chi connectivity index (χ1) is 9.19. The Morgan fingerprint density at radius 1 is 1.16 bits per heavy atom. The minimum Gasteiger partial charge on any atom is -0.395 e.